The van der Waals surface area contributed by atoms with Crippen molar-refractivity contribution in [3.8, 4) is 0 Å². The summed E-state index contributed by atoms with van der Waals surface area (Å²) in [5.74, 6) is 5.22. The van der Waals surface area contributed by atoms with Crippen LogP contribution < -0.4 is 10.7 Å². The van der Waals surface area contributed by atoms with Crippen LogP contribution in [0.15, 0.2) is 29.2 Å². The van der Waals surface area contributed by atoms with Gasteiger partial charge in [-0.3, -0.25) is 5.84 Å². The first-order chi connectivity index (χ1) is 6.47. The molecule has 1 aromatic rings. The molecule has 0 atom stereocenters. The van der Waals surface area contributed by atoms with E-state index in [-0.39, 0.29) is 4.90 Å². The van der Waals surface area contributed by atoms with Crippen LogP contribution in [0.1, 0.15) is 25.3 Å². The molecule has 0 fully saturated rings. The molecule has 0 aliphatic carbocycles. The van der Waals surface area contributed by atoms with Crippen molar-refractivity contribution in [1.29, 1.82) is 0 Å². The Kier molecular flexibility index (Phi) is 3.25. The summed E-state index contributed by atoms with van der Waals surface area (Å²) in [4.78, 5) is 2.00. The van der Waals surface area contributed by atoms with Crippen LogP contribution in [0, 0.1) is 0 Å². The molecule has 0 unspecified atom stereocenters. The number of hydrogen-bond donors (Lipinski definition) is 2. The van der Waals surface area contributed by atoms with Gasteiger partial charge >= 0.3 is 0 Å². The van der Waals surface area contributed by atoms with Gasteiger partial charge in [0.2, 0.25) is 0 Å². The largest absolute Gasteiger partial charge is 0.257 e. The highest BCUT2D eigenvalue weighted by Crippen LogP contribution is 2.17. The molecule has 0 heterocycles. The molecule has 5 heteroatoms. The van der Waals surface area contributed by atoms with Crippen LogP contribution in [-0.4, -0.2) is 8.42 Å². The summed E-state index contributed by atoms with van der Waals surface area (Å²) in [5.41, 5.74) is 0.973. The van der Waals surface area contributed by atoms with Crippen molar-refractivity contribution in [3.63, 3.8) is 0 Å². The Hall–Kier alpha value is -0.910. The molecule has 3 N–H and O–H groups in total. The van der Waals surface area contributed by atoms with Gasteiger partial charge in [-0.25, -0.2) is 8.42 Å². The number of nitrogens with two attached hydrogens (primary N) is 1. The second-order valence-electron chi connectivity index (χ2n) is 3.35. The highest BCUT2D eigenvalue weighted by atomic mass is 32.2. The number of sulfonamides is 1. The Labute approximate surface area is 84.1 Å². The van der Waals surface area contributed by atoms with E-state index in [9.17, 15) is 8.42 Å². The molecule has 14 heavy (non-hydrogen) atoms. The summed E-state index contributed by atoms with van der Waals surface area (Å²) in [5, 5.41) is 0. The van der Waals surface area contributed by atoms with Crippen molar-refractivity contribution >= 4 is 10.0 Å². The number of hydrogen-bond acceptors (Lipinski definition) is 3. The van der Waals surface area contributed by atoms with Crippen molar-refractivity contribution in [3.05, 3.63) is 29.8 Å². The van der Waals surface area contributed by atoms with Gasteiger partial charge in [-0.15, -0.1) is 0 Å². The van der Waals surface area contributed by atoms with Gasteiger partial charge in [-0.05, 0) is 23.6 Å². The molecule has 0 aliphatic heterocycles. The molecule has 0 saturated heterocycles. The van der Waals surface area contributed by atoms with Crippen LogP contribution in [0.25, 0.3) is 0 Å². The van der Waals surface area contributed by atoms with Gasteiger partial charge in [0, 0.05) is 0 Å². The molecule has 0 saturated carbocycles. The summed E-state index contributed by atoms with van der Waals surface area (Å²) in [6, 6.07) is 6.74. The normalized spacial score (nSPS) is 12.0. The monoisotopic (exact) mass is 214 g/mol. The lowest BCUT2D eigenvalue weighted by atomic mass is 10.0. The first-order valence-electron chi connectivity index (χ1n) is 4.29. The molecule has 1 rings (SSSR count). The van der Waals surface area contributed by atoms with Crippen LogP contribution in [0.3, 0.4) is 0 Å². The fourth-order valence-electron chi connectivity index (χ4n) is 1.11. The maximum Gasteiger partial charge on any atom is 0.253 e. The van der Waals surface area contributed by atoms with Gasteiger partial charge in [0.15, 0.2) is 0 Å². The third-order valence-corrected chi connectivity index (χ3v) is 3.18. The van der Waals surface area contributed by atoms with E-state index in [4.69, 9.17) is 5.84 Å². The van der Waals surface area contributed by atoms with Crippen LogP contribution in [0.5, 0.6) is 0 Å². The zero-order valence-corrected chi connectivity index (χ0v) is 9.01. The van der Waals surface area contributed by atoms with Crippen LogP contribution >= 0.6 is 0 Å². The lowest BCUT2D eigenvalue weighted by Crippen LogP contribution is -2.30. The fourth-order valence-corrected chi connectivity index (χ4v) is 1.79. The quantitative estimate of drug-likeness (QED) is 0.581. The van der Waals surface area contributed by atoms with Gasteiger partial charge in [0.05, 0.1) is 4.90 Å². The minimum Gasteiger partial charge on any atom is -0.257 e. The van der Waals surface area contributed by atoms with Gasteiger partial charge in [-0.1, -0.05) is 26.0 Å². The number of nitrogens with one attached hydrogen (secondary N) is 1. The standard InChI is InChI=1S/C9H14N2O2S/c1-7(2)8-4-3-5-9(6-8)14(12,13)11-10/h3-7,11H,10H2,1-2H3. The summed E-state index contributed by atoms with van der Waals surface area (Å²) in [7, 11) is -3.53. The van der Waals surface area contributed by atoms with Gasteiger partial charge in [0.1, 0.15) is 0 Å². The van der Waals surface area contributed by atoms with E-state index < -0.39 is 10.0 Å². The van der Waals surface area contributed by atoms with Gasteiger partial charge in [-0.2, -0.15) is 4.83 Å². The van der Waals surface area contributed by atoms with Gasteiger partial charge < -0.3 is 0 Å². The molecule has 0 spiro atoms. The number of rotatable bonds is 3. The molecule has 0 bridgehead atoms. The zero-order valence-electron chi connectivity index (χ0n) is 8.19. The summed E-state index contributed by atoms with van der Waals surface area (Å²) in [6.07, 6.45) is 0. The fraction of sp³-hybridized carbons (Fsp3) is 0.333. The summed E-state index contributed by atoms with van der Waals surface area (Å²) >= 11 is 0. The van der Waals surface area contributed by atoms with Crippen LogP contribution in [-0.2, 0) is 10.0 Å². The minimum absolute atomic E-state index is 0.200. The maximum absolute atomic E-state index is 11.3. The average Bonchev–Trinajstić information content (AvgIpc) is 2.18. The lowest BCUT2D eigenvalue weighted by molar-refractivity contribution is 0.584. The van der Waals surface area contributed by atoms with Crippen molar-refractivity contribution in [1.82, 2.24) is 4.83 Å². The predicted molar refractivity (Wildman–Crippen MR) is 55.0 cm³/mol. The molecule has 4 nitrogen and oxygen atoms in total. The highest BCUT2D eigenvalue weighted by molar-refractivity contribution is 7.89. The summed E-state index contributed by atoms with van der Waals surface area (Å²) < 4.78 is 22.7. The molecular formula is C9H14N2O2S. The van der Waals surface area contributed by atoms with E-state index in [1.54, 1.807) is 17.0 Å². The third kappa shape index (κ3) is 2.31. The van der Waals surface area contributed by atoms with Crippen LogP contribution in [0.4, 0.5) is 0 Å². The minimum atomic E-state index is -3.53. The molecule has 0 aromatic heterocycles. The second kappa shape index (κ2) is 4.08. The smallest absolute Gasteiger partial charge is 0.253 e. The van der Waals surface area contributed by atoms with E-state index in [2.05, 4.69) is 0 Å². The summed E-state index contributed by atoms with van der Waals surface area (Å²) in [6.45, 7) is 4.00. The Morgan fingerprint density at radius 1 is 1.36 bits per heavy atom. The van der Waals surface area contributed by atoms with Crippen molar-refractivity contribution in [2.45, 2.75) is 24.7 Å². The number of hydrazine groups is 1. The first kappa shape index (κ1) is 11.2. The molecular weight excluding hydrogens is 200 g/mol. The SMILES string of the molecule is CC(C)c1cccc(S(=O)(=O)NN)c1. The molecule has 0 radical (unpaired) electrons. The van der Waals surface area contributed by atoms with E-state index in [1.807, 2.05) is 19.9 Å². The van der Waals surface area contributed by atoms with E-state index in [0.717, 1.165) is 5.56 Å². The third-order valence-electron chi connectivity index (χ3n) is 1.99. The van der Waals surface area contributed by atoms with Crippen molar-refractivity contribution < 1.29 is 8.42 Å². The Bertz CT molecular complexity index is 413. The second-order valence-corrected chi connectivity index (χ2v) is 5.06. The van der Waals surface area contributed by atoms with E-state index >= 15 is 0 Å². The topological polar surface area (TPSA) is 72.2 Å². The Morgan fingerprint density at radius 3 is 2.50 bits per heavy atom. The van der Waals surface area contributed by atoms with Crippen molar-refractivity contribution in [2.24, 2.45) is 5.84 Å². The molecule has 1 aromatic carbocycles. The Balaban J connectivity index is 3.19. The lowest BCUT2D eigenvalue weighted by Gasteiger charge is -2.07. The first-order valence-corrected chi connectivity index (χ1v) is 5.78. The van der Waals surface area contributed by atoms with Crippen LogP contribution in [0.2, 0.25) is 0 Å². The molecule has 78 valence electrons. The predicted octanol–water partition coefficient (Wildman–Crippen LogP) is 0.962. The maximum atomic E-state index is 11.3. The number of benzene rings is 1. The zero-order chi connectivity index (χ0) is 10.8. The van der Waals surface area contributed by atoms with Gasteiger partial charge in [0.25, 0.3) is 10.0 Å². The highest BCUT2D eigenvalue weighted by Gasteiger charge is 2.12. The van der Waals surface area contributed by atoms with E-state index in [1.165, 1.54) is 6.07 Å². The van der Waals surface area contributed by atoms with E-state index in [0.29, 0.717) is 5.92 Å². The molecule has 0 amide bonds. The molecule has 0 aliphatic rings. The van der Waals surface area contributed by atoms with Crippen molar-refractivity contribution in [2.75, 3.05) is 0 Å². The Morgan fingerprint density at radius 2 is 2.00 bits per heavy atom. The average molecular weight is 214 g/mol.